The molecule has 1 aromatic carbocycles. The molecule has 0 aliphatic carbocycles. The van der Waals surface area contributed by atoms with Crippen molar-refractivity contribution in [1.82, 2.24) is 9.38 Å². The Morgan fingerprint density at radius 3 is 2.90 bits per heavy atom. The topological polar surface area (TPSA) is 109 Å². The predicted molar refractivity (Wildman–Crippen MR) is 101 cm³/mol. The summed E-state index contributed by atoms with van der Waals surface area (Å²) < 4.78 is 22.3. The third-order valence-corrected chi connectivity index (χ3v) is 4.78. The molecule has 1 aliphatic heterocycles. The van der Waals surface area contributed by atoms with Crippen molar-refractivity contribution in [2.24, 2.45) is 0 Å². The second-order valence-electron chi connectivity index (χ2n) is 6.37. The number of aromatic hydroxyl groups is 1. The fraction of sp³-hybridized carbons (Fsp3) is 0.250. The van der Waals surface area contributed by atoms with Crippen LogP contribution in [-0.2, 0) is 9.53 Å². The van der Waals surface area contributed by atoms with Crippen LogP contribution in [0.3, 0.4) is 0 Å². The monoisotopic (exact) mass is 398 g/mol. The van der Waals surface area contributed by atoms with Crippen molar-refractivity contribution in [2.45, 2.75) is 12.3 Å². The highest BCUT2D eigenvalue weighted by Crippen LogP contribution is 2.45. The van der Waals surface area contributed by atoms with Crippen LogP contribution in [0.25, 0.3) is 5.65 Å². The van der Waals surface area contributed by atoms with Gasteiger partial charge in [0.25, 0.3) is 5.56 Å². The summed E-state index contributed by atoms with van der Waals surface area (Å²) in [7, 11) is 2.73. The minimum absolute atomic E-state index is 0.0278. The van der Waals surface area contributed by atoms with Crippen molar-refractivity contribution in [1.29, 1.82) is 0 Å². The maximum atomic E-state index is 13.1. The molecule has 0 amide bonds. The Morgan fingerprint density at radius 2 is 2.14 bits per heavy atom. The lowest BCUT2D eigenvalue weighted by Crippen LogP contribution is -2.24. The van der Waals surface area contributed by atoms with E-state index in [1.807, 2.05) is 0 Å². The van der Waals surface area contributed by atoms with Crippen molar-refractivity contribution < 1.29 is 28.8 Å². The van der Waals surface area contributed by atoms with Crippen molar-refractivity contribution in [2.75, 3.05) is 21.0 Å². The van der Waals surface area contributed by atoms with Gasteiger partial charge in [0.15, 0.2) is 11.5 Å². The summed E-state index contributed by atoms with van der Waals surface area (Å²) in [6.45, 7) is 0.0300. The van der Waals surface area contributed by atoms with E-state index in [-0.39, 0.29) is 18.8 Å². The first-order valence-corrected chi connectivity index (χ1v) is 8.78. The molecule has 0 bridgehead atoms. The zero-order valence-electron chi connectivity index (χ0n) is 15.7. The molecule has 3 aromatic rings. The fourth-order valence-electron chi connectivity index (χ4n) is 3.38. The zero-order chi connectivity index (χ0) is 20.5. The van der Waals surface area contributed by atoms with Crippen molar-refractivity contribution in [3.05, 3.63) is 58.0 Å². The molecule has 0 saturated heterocycles. The zero-order valence-corrected chi connectivity index (χ0v) is 15.7. The number of fused-ring (bicyclic) bond motifs is 2. The maximum Gasteiger partial charge on any atom is 0.306 e. The number of esters is 1. The van der Waals surface area contributed by atoms with Gasteiger partial charge in [-0.1, -0.05) is 6.07 Å². The summed E-state index contributed by atoms with van der Waals surface area (Å²) in [5.41, 5.74) is 0.291. The van der Waals surface area contributed by atoms with Gasteiger partial charge in [-0.2, -0.15) is 4.98 Å². The molecule has 1 unspecified atom stereocenters. The lowest BCUT2D eigenvalue weighted by Gasteiger charge is -2.19. The number of hydrogen-bond donors (Lipinski definition) is 1. The molecule has 150 valence electrons. The van der Waals surface area contributed by atoms with Crippen LogP contribution in [0.5, 0.6) is 23.1 Å². The summed E-state index contributed by atoms with van der Waals surface area (Å²) in [6, 6.07) is 8.27. The number of pyridine rings is 1. The molecule has 9 nitrogen and oxygen atoms in total. The molecular weight excluding hydrogens is 380 g/mol. The van der Waals surface area contributed by atoms with E-state index in [1.54, 1.807) is 36.5 Å². The van der Waals surface area contributed by atoms with Crippen molar-refractivity contribution in [3.63, 3.8) is 0 Å². The van der Waals surface area contributed by atoms with Gasteiger partial charge >= 0.3 is 5.97 Å². The number of ether oxygens (including phenoxy) is 4. The number of nitrogens with zero attached hydrogens (tertiary/aromatic N) is 2. The number of aromatic nitrogens is 2. The lowest BCUT2D eigenvalue weighted by atomic mass is 9.89. The predicted octanol–water partition coefficient (Wildman–Crippen LogP) is 1.83. The van der Waals surface area contributed by atoms with Gasteiger partial charge in [0, 0.05) is 12.1 Å². The first-order valence-electron chi connectivity index (χ1n) is 8.78. The van der Waals surface area contributed by atoms with Crippen molar-refractivity contribution in [3.8, 4) is 23.1 Å². The Bertz CT molecular complexity index is 1160. The van der Waals surface area contributed by atoms with Crippen molar-refractivity contribution >= 4 is 11.6 Å². The van der Waals surface area contributed by atoms with Crippen LogP contribution in [-0.4, -0.2) is 41.5 Å². The standard InChI is InChI=1S/C20H18N2O7/c1-26-13-7-11(8-14-18(13)29-10-28-14)12(9-16(23)27-2)17-19(24)21-15-5-3-4-6-22(15)20(17)25/h3-8,12,24H,9-10H2,1-2H3. The number of benzene rings is 1. The first kappa shape index (κ1) is 18.6. The Hall–Kier alpha value is -3.75. The molecule has 1 atom stereocenters. The van der Waals surface area contributed by atoms with Crippen LogP contribution in [0.15, 0.2) is 41.3 Å². The number of methoxy groups -OCH3 is 2. The maximum absolute atomic E-state index is 13.1. The molecule has 9 heteroatoms. The van der Waals surface area contributed by atoms with E-state index < -0.39 is 23.3 Å². The molecule has 0 fully saturated rings. The summed E-state index contributed by atoms with van der Waals surface area (Å²) >= 11 is 0. The van der Waals surface area contributed by atoms with Gasteiger partial charge in [-0.3, -0.25) is 14.0 Å². The Kier molecular flexibility index (Phi) is 4.71. The minimum atomic E-state index is -0.844. The molecule has 0 saturated carbocycles. The molecule has 0 radical (unpaired) electrons. The van der Waals surface area contributed by atoms with E-state index in [9.17, 15) is 14.7 Å². The van der Waals surface area contributed by atoms with Crippen LogP contribution in [0, 0.1) is 0 Å². The normalized spacial score (nSPS) is 13.3. The summed E-state index contributed by atoms with van der Waals surface area (Å²) in [6.07, 6.45) is 1.35. The average molecular weight is 398 g/mol. The highest BCUT2D eigenvalue weighted by atomic mass is 16.7. The van der Waals surface area contributed by atoms with Gasteiger partial charge in [0.1, 0.15) is 5.65 Å². The van der Waals surface area contributed by atoms with Crippen LogP contribution >= 0.6 is 0 Å². The highest BCUT2D eigenvalue weighted by Gasteiger charge is 2.30. The third kappa shape index (κ3) is 3.20. The Labute approximate surface area is 165 Å². The van der Waals surface area contributed by atoms with E-state index in [1.165, 1.54) is 18.6 Å². The average Bonchev–Trinajstić information content (AvgIpc) is 3.20. The molecule has 29 heavy (non-hydrogen) atoms. The molecule has 1 N–H and O–H groups in total. The van der Waals surface area contributed by atoms with E-state index >= 15 is 0 Å². The fourth-order valence-corrected chi connectivity index (χ4v) is 3.38. The van der Waals surface area contributed by atoms with E-state index in [0.717, 1.165) is 0 Å². The third-order valence-electron chi connectivity index (χ3n) is 4.78. The van der Waals surface area contributed by atoms with Gasteiger partial charge in [-0.25, -0.2) is 0 Å². The second kappa shape index (κ2) is 7.34. The second-order valence-corrected chi connectivity index (χ2v) is 6.37. The first-order chi connectivity index (χ1) is 14.0. The van der Waals surface area contributed by atoms with Gasteiger partial charge in [-0.15, -0.1) is 0 Å². The van der Waals surface area contributed by atoms with E-state index in [0.29, 0.717) is 28.5 Å². The number of hydrogen-bond acceptors (Lipinski definition) is 8. The minimum Gasteiger partial charge on any atom is -0.493 e. The SMILES string of the molecule is COC(=O)CC(c1cc(OC)c2c(c1)OCO2)c1c(O)nc2ccccn2c1=O. The summed E-state index contributed by atoms with van der Waals surface area (Å²) in [4.78, 5) is 29.4. The number of rotatable bonds is 5. The van der Waals surface area contributed by atoms with Crippen LogP contribution in [0.2, 0.25) is 0 Å². The van der Waals surface area contributed by atoms with E-state index in [2.05, 4.69) is 4.98 Å². The smallest absolute Gasteiger partial charge is 0.306 e. The lowest BCUT2D eigenvalue weighted by molar-refractivity contribution is -0.140. The molecule has 3 heterocycles. The van der Waals surface area contributed by atoms with E-state index in [4.69, 9.17) is 18.9 Å². The summed E-state index contributed by atoms with van der Waals surface area (Å²) in [5, 5.41) is 10.6. The van der Waals surface area contributed by atoms with Crippen LogP contribution in [0.1, 0.15) is 23.5 Å². The molecule has 2 aromatic heterocycles. The van der Waals surface area contributed by atoms with Gasteiger partial charge in [-0.05, 0) is 29.8 Å². The molecule has 4 rings (SSSR count). The van der Waals surface area contributed by atoms with Crippen LogP contribution in [0.4, 0.5) is 0 Å². The molecule has 0 spiro atoms. The van der Waals surface area contributed by atoms with Crippen LogP contribution < -0.4 is 19.8 Å². The van der Waals surface area contributed by atoms with Gasteiger partial charge in [0.2, 0.25) is 18.4 Å². The highest BCUT2D eigenvalue weighted by molar-refractivity contribution is 5.72. The Morgan fingerprint density at radius 1 is 1.31 bits per heavy atom. The molecular formula is C20H18N2O7. The molecule has 1 aliphatic rings. The summed E-state index contributed by atoms with van der Waals surface area (Å²) in [5.74, 6) is -0.607. The number of carbonyl (C=O) groups is 1. The number of carbonyl (C=O) groups excluding carboxylic acids is 1. The van der Waals surface area contributed by atoms with Gasteiger partial charge < -0.3 is 24.1 Å². The Balaban J connectivity index is 1.94. The quantitative estimate of drug-likeness (QED) is 0.649. The largest absolute Gasteiger partial charge is 0.493 e. The van der Waals surface area contributed by atoms with Gasteiger partial charge in [0.05, 0.1) is 26.2 Å².